The number of nitrogens with zero attached hydrogens (tertiary/aromatic N) is 3. The summed E-state index contributed by atoms with van der Waals surface area (Å²) >= 11 is 6.05. The number of benzene rings is 3. The van der Waals surface area contributed by atoms with Gasteiger partial charge in [0.25, 0.3) is 11.6 Å². The van der Waals surface area contributed by atoms with Gasteiger partial charge >= 0.3 is 0 Å². The molecule has 3 aromatic carbocycles. The molecule has 0 atom stereocenters. The molecule has 0 spiro atoms. The molecule has 0 aromatic heterocycles. The lowest BCUT2D eigenvalue weighted by molar-refractivity contribution is -0.384. The lowest BCUT2D eigenvalue weighted by Gasteiger charge is -2.24. The van der Waals surface area contributed by atoms with Crippen LogP contribution < -0.4 is 5.43 Å². The quantitative estimate of drug-likeness (QED) is 0.229. The highest BCUT2D eigenvalue weighted by Gasteiger charge is 2.29. The van der Waals surface area contributed by atoms with Gasteiger partial charge in [0.2, 0.25) is 10.0 Å². The van der Waals surface area contributed by atoms with Crippen molar-refractivity contribution in [3.63, 3.8) is 0 Å². The van der Waals surface area contributed by atoms with Crippen LogP contribution in [0.4, 0.5) is 5.69 Å². The molecule has 9 nitrogen and oxygen atoms in total. The normalized spacial score (nSPS) is 11.7. The topological polar surface area (TPSA) is 122 Å². The second-order valence-electron chi connectivity index (χ2n) is 8.56. The molecule has 11 heteroatoms. The van der Waals surface area contributed by atoms with Crippen molar-refractivity contribution in [2.45, 2.75) is 32.1 Å². The Balaban J connectivity index is 1.83. The van der Waals surface area contributed by atoms with Gasteiger partial charge in [-0.25, -0.2) is 13.8 Å². The van der Waals surface area contributed by atoms with Crippen LogP contribution in [0.1, 0.15) is 27.8 Å². The number of non-ortho nitro benzene ring substituents is 1. The maximum Gasteiger partial charge on any atom is 0.270 e. The molecule has 3 rings (SSSR count). The molecule has 1 amide bonds. The zero-order valence-electron chi connectivity index (χ0n) is 20.6. The van der Waals surface area contributed by atoms with Crippen molar-refractivity contribution in [1.29, 1.82) is 0 Å². The number of rotatable bonds is 10. The highest BCUT2D eigenvalue weighted by atomic mass is 35.5. The van der Waals surface area contributed by atoms with Crippen LogP contribution >= 0.6 is 11.6 Å². The van der Waals surface area contributed by atoms with Crippen molar-refractivity contribution < 1.29 is 18.1 Å². The summed E-state index contributed by atoms with van der Waals surface area (Å²) in [5.41, 5.74) is 5.41. The van der Waals surface area contributed by atoms with Crippen molar-refractivity contribution in [2.75, 3.05) is 13.1 Å². The third kappa shape index (κ3) is 7.22. The second kappa shape index (κ2) is 12.1. The number of hydrazone groups is 1. The molecule has 0 saturated heterocycles. The summed E-state index contributed by atoms with van der Waals surface area (Å²) in [4.78, 5) is 23.3. The molecule has 0 aliphatic heterocycles. The first-order valence-corrected chi connectivity index (χ1v) is 13.2. The highest BCUT2D eigenvalue weighted by molar-refractivity contribution is 7.89. The number of amides is 1. The van der Waals surface area contributed by atoms with E-state index in [9.17, 15) is 23.3 Å². The SMILES string of the molecule is Cc1cc(C)c(S(=O)(=O)N(CCc2ccccc2)CC(=O)N/N=C/c2cc([N+](=O)[O-])ccc2Cl)c(C)c1. The Hall–Kier alpha value is -3.60. The van der Waals surface area contributed by atoms with Crippen molar-refractivity contribution >= 4 is 39.4 Å². The Morgan fingerprint density at radius 1 is 1.08 bits per heavy atom. The van der Waals surface area contributed by atoms with Crippen LogP contribution in [-0.4, -0.2) is 42.9 Å². The molecule has 0 saturated carbocycles. The van der Waals surface area contributed by atoms with Crippen molar-refractivity contribution in [3.05, 3.63) is 104 Å². The van der Waals surface area contributed by atoms with Gasteiger partial charge in [0.1, 0.15) is 0 Å². The van der Waals surface area contributed by atoms with E-state index in [1.807, 2.05) is 37.3 Å². The first-order chi connectivity index (χ1) is 17.5. The maximum absolute atomic E-state index is 13.7. The molecule has 0 aliphatic carbocycles. The van der Waals surface area contributed by atoms with Gasteiger partial charge in [0.15, 0.2) is 0 Å². The lowest BCUT2D eigenvalue weighted by Crippen LogP contribution is -2.41. The van der Waals surface area contributed by atoms with Crippen LogP contribution in [0.5, 0.6) is 0 Å². The van der Waals surface area contributed by atoms with Gasteiger partial charge in [-0.05, 0) is 49.9 Å². The molecule has 0 heterocycles. The zero-order valence-corrected chi connectivity index (χ0v) is 22.2. The number of aryl methyl sites for hydroxylation is 3. The summed E-state index contributed by atoms with van der Waals surface area (Å²) in [6, 6.07) is 16.8. The third-order valence-electron chi connectivity index (χ3n) is 5.60. The minimum Gasteiger partial charge on any atom is -0.272 e. The van der Waals surface area contributed by atoms with Crippen molar-refractivity contribution in [2.24, 2.45) is 5.10 Å². The maximum atomic E-state index is 13.7. The van der Waals surface area contributed by atoms with E-state index in [1.165, 1.54) is 24.4 Å². The number of nitrogens with one attached hydrogen (secondary N) is 1. The van der Waals surface area contributed by atoms with E-state index in [1.54, 1.807) is 26.0 Å². The standard InChI is InChI=1S/C26H27ClN4O5S/c1-18-13-19(2)26(20(3)14-18)37(35,36)30(12-11-21-7-5-4-6-8-21)17-25(32)29-28-16-22-15-23(31(33)34)9-10-24(22)27/h4-10,13-16H,11-12,17H2,1-3H3,(H,29,32)/b28-16+. The molecule has 37 heavy (non-hydrogen) atoms. The first-order valence-electron chi connectivity index (χ1n) is 11.4. The molecular weight excluding hydrogens is 516 g/mol. The van der Waals surface area contributed by atoms with Crippen LogP contribution in [0.2, 0.25) is 5.02 Å². The minimum atomic E-state index is -4.02. The summed E-state index contributed by atoms with van der Waals surface area (Å²) in [5.74, 6) is -0.670. The Morgan fingerprint density at radius 2 is 1.73 bits per heavy atom. The third-order valence-corrected chi connectivity index (χ3v) is 8.09. The lowest BCUT2D eigenvalue weighted by atomic mass is 10.1. The Bertz CT molecular complexity index is 1420. The summed E-state index contributed by atoms with van der Waals surface area (Å²) < 4.78 is 28.6. The van der Waals surface area contributed by atoms with Gasteiger partial charge in [0, 0.05) is 29.3 Å². The van der Waals surface area contributed by atoms with Gasteiger partial charge < -0.3 is 0 Å². The molecule has 0 fully saturated rings. The van der Waals surface area contributed by atoms with Crippen LogP contribution in [0.25, 0.3) is 0 Å². The van der Waals surface area contributed by atoms with Crippen molar-refractivity contribution in [1.82, 2.24) is 9.73 Å². The van der Waals surface area contributed by atoms with E-state index in [-0.39, 0.29) is 27.7 Å². The Morgan fingerprint density at radius 3 is 2.35 bits per heavy atom. The van der Waals surface area contributed by atoms with Crippen LogP contribution in [0.15, 0.2) is 70.7 Å². The van der Waals surface area contributed by atoms with E-state index in [0.29, 0.717) is 17.5 Å². The molecule has 3 aromatic rings. The highest BCUT2D eigenvalue weighted by Crippen LogP contribution is 2.25. The number of halogens is 1. The summed E-state index contributed by atoms with van der Waals surface area (Å²) in [5, 5.41) is 15.0. The van der Waals surface area contributed by atoms with Gasteiger partial charge in [0.05, 0.1) is 22.6 Å². The molecule has 0 bridgehead atoms. The van der Waals surface area contributed by atoms with Crippen LogP contribution in [0.3, 0.4) is 0 Å². The van der Waals surface area contributed by atoms with E-state index in [4.69, 9.17) is 11.6 Å². The molecule has 0 aliphatic rings. The van der Waals surface area contributed by atoms with Gasteiger partial charge in [-0.15, -0.1) is 0 Å². The number of sulfonamides is 1. The predicted molar refractivity (Wildman–Crippen MR) is 143 cm³/mol. The Labute approximate surface area is 221 Å². The largest absolute Gasteiger partial charge is 0.272 e. The summed E-state index contributed by atoms with van der Waals surface area (Å²) in [7, 11) is -4.02. The van der Waals surface area contributed by atoms with E-state index in [0.717, 1.165) is 15.4 Å². The van der Waals surface area contributed by atoms with Gasteiger partial charge in [-0.2, -0.15) is 9.41 Å². The monoisotopic (exact) mass is 542 g/mol. The zero-order chi connectivity index (χ0) is 27.2. The van der Waals surface area contributed by atoms with E-state index >= 15 is 0 Å². The predicted octanol–water partition coefficient (Wildman–Crippen LogP) is 4.56. The molecule has 194 valence electrons. The fraction of sp³-hybridized carbons (Fsp3) is 0.231. The second-order valence-corrected chi connectivity index (χ2v) is 10.8. The van der Waals surface area contributed by atoms with Gasteiger partial charge in [-0.3, -0.25) is 14.9 Å². The molecule has 0 unspecified atom stereocenters. The summed E-state index contributed by atoms with van der Waals surface area (Å²) in [6.45, 7) is 4.96. The average molecular weight is 543 g/mol. The number of hydrogen-bond donors (Lipinski definition) is 1. The number of carbonyl (C=O) groups is 1. The first kappa shape index (κ1) is 28.0. The van der Waals surface area contributed by atoms with E-state index < -0.39 is 27.4 Å². The average Bonchev–Trinajstić information content (AvgIpc) is 2.82. The Kier molecular flexibility index (Phi) is 9.14. The number of carbonyl (C=O) groups excluding carboxylic acids is 1. The number of nitro benzene ring substituents is 1. The van der Waals surface area contributed by atoms with Crippen molar-refractivity contribution in [3.8, 4) is 0 Å². The van der Waals surface area contributed by atoms with Crippen LogP contribution in [-0.2, 0) is 21.2 Å². The minimum absolute atomic E-state index is 0.0763. The molecular formula is C26H27ClN4O5S. The molecule has 0 radical (unpaired) electrons. The smallest absolute Gasteiger partial charge is 0.270 e. The van der Waals surface area contributed by atoms with Crippen LogP contribution in [0, 0.1) is 30.9 Å². The molecule has 1 N–H and O–H groups in total. The fourth-order valence-electron chi connectivity index (χ4n) is 4.00. The number of hydrogen-bond acceptors (Lipinski definition) is 6. The summed E-state index contributed by atoms with van der Waals surface area (Å²) in [6.07, 6.45) is 1.58. The van der Waals surface area contributed by atoms with E-state index in [2.05, 4.69) is 10.5 Å². The van der Waals surface area contributed by atoms with Gasteiger partial charge in [-0.1, -0.05) is 59.6 Å². The number of nitro groups is 1. The fourth-order valence-corrected chi connectivity index (χ4v) is 5.97.